The second-order valence-corrected chi connectivity index (χ2v) is 12.2. The fourth-order valence-corrected chi connectivity index (χ4v) is 5.47. The molecule has 4 aromatic carbocycles. The van der Waals surface area contributed by atoms with Crippen LogP contribution in [0.15, 0.2) is 131 Å². The van der Waals surface area contributed by atoms with Crippen LogP contribution in [-0.4, -0.2) is 21.7 Å². The number of benzene rings is 4. The molecule has 4 aromatic heterocycles. The largest absolute Gasteiger partial charge is 0.456 e. The summed E-state index contributed by atoms with van der Waals surface area (Å²) in [5.41, 5.74) is 10.3. The van der Waals surface area contributed by atoms with Crippen molar-refractivity contribution >= 4 is 61.0 Å². The second-order valence-electron chi connectivity index (χ2n) is 12.2. The highest BCUT2D eigenvalue weighted by molar-refractivity contribution is 6.00. The molecule has 0 aliphatic rings. The van der Waals surface area contributed by atoms with Gasteiger partial charge in [-0.3, -0.25) is 15.3 Å². The highest BCUT2D eigenvalue weighted by Crippen LogP contribution is 2.35. The van der Waals surface area contributed by atoms with E-state index < -0.39 is 11.7 Å². The Morgan fingerprint density at radius 3 is 1.73 bits per heavy atom. The number of nitrogens with zero attached hydrogens (tertiary/aromatic N) is 2. The SMILES string of the molecule is C.CC(C)(C)OC(=O)Nc1ccc2cncc(-c3cc4ccccc4o3)c2c1.Nc1ccc2cncc(-c3cc4ccccc4o3)c2c1. The van der Waals surface area contributed by atoms with E-state index in [-0.39, 0.29) is 7.43 Å². The number of nitrogens with one attached hydrogen (secondary N) is 1. The van der Waals surface area contributed by atoms with Gasteiger partial charge in [0, 0.05) is 68.8 Å². The number of ether oxygens (including phenoxy) is 1. The molecule has 0 aliphatic carbocycles. The lowest BCUT2D eigenvalue weighted by Gasteiger charge is -2.19. The molecule has 8 aromatic rings. The first-order valence-electron chi connectivity index (χ1n) is 15.2. The van der Waals surface area contributed by atoms with Crippen LogP contribution in [0.3, 0.4) is 0 Å². The number of para-hydroxylation sites is 2. The van der Waals surface area contributed by atoms with E-state index in [4.69, 9.17) is 19.3 Å². The fraction of sp³-hybridized carbons (Fsp3) is 0.125. The van der Waals surface area contributed by atoms with Gasteiger partial charge < -0.3 is 19.3 Å². The van der Waals surface area contributed by atoms with Crippen molar-refractivity contribution in [2.45, 2.75) is 33.8 Å². The Kier molecular flexibility index (Phi) is 8.57. The maximum atomic E-state index is 12.1. The first-order valence-corrected chi connectivity index (χ1v) is 15.2. The number of fused-ring (bicyclic) bond motifs is 4. The molecular formula is C40H36N4O4. The number of rotatable bonds is 3. The Bertz CT molecular complexity index is 2340. The third-order valence-electron chi connectivity index (χ3n) is 7.57. The van der Waals surface area contributed by atoms with Crippen molar-refractivity contribution < 1.29 is 18.4 Å². The van der Waals surface area contributed by atoms with E-state index in [1.54, 1.807) is 12.4 Å². The van der Waals surface area contributed by atoms with Gasteiger partial charge in [0.1, 0.15) is 28.3 Å². The molecule has 0 bridgehead atoms. The molecule has 8 nitrogen and oxygen atoms in total. The lowest BCUT2D eigenvalue weighted by molar-refractivity contribution is 0.0636. The summed E-state index contributed by atoms with van der Waals surface area (Å²) in [6.07, 6.45) is 6.73. The maximum Gasteiger partial charge on any atom is 0.412 e. The van der Waals surface area contributed by atoms with Crippen molar-refractivity contribution in [2.24, 2.45) is 0 Å². The van der Waals surface area contributed by atoms with Gasteiger partial charge in [0.2, 0.25) is 0 Å². The van der Waals surface area contributed by atoms with Crippen molar-refractivity contribution in [1.29, 1.82) is 0 Å². The molecule has 8 heteroatoms. The van der Waals surface area contributed by atoms with Gasteiger partial charge in [0.05, 0.1) is 0 Å². The maximum absolute atomic E-state index is 12.1. The summed E-state index contributed by atoms with van der Waals surface area (Å²) >= 11 is 0. The minimum atomic E-state index is -0.551. The number of nitrogen functional groups attached to an aromatic ring is 1. The van der Waals surface area contributed by atoms with Crippen LogP contribution < -0.4 is 11.1 Å². The number of anilines is 2. The predicted octanol–water partition coefficient (Wildman–Crippen LogP) is 10.9. The molecule has 4 heterocycles. The van der Waals surface area contributed by atoms with Crippen molar-refractivity contribution in [3.63, 3.8) is 0 Å². The van der Waals surface area contributed by atoms with E-state index in [2.05, 4.69) is 15.3 Å². The molecule has 0 saturated carbocycles. The minimum Gasteiger partial charge on any atom is -0.456 e. The third kappa shape index (κ3) is 6.69. The fourth-order valence-electron chi connectivity index (χ4n) is 5.47. The molecule has 0 saturated heterocycles. The summed E-state index contributed by atoms with van der Waals surface area (Å²) in [7, 11) is 0. The number of hydrogen-bond donors (Lipinski definition) is 2. The number of carbonyl (C=O) groups excluding carboxylic acids is 1. The summed E-state index contributed by atoms with van der Waals surface area (Å²) in [5.74, 6) is 1.55. The molecular weight excluding hydrogens is 600 g/mol. The van der Waals surface area contributed by atoms with Crippen molar-refractivity contribution in [1.82, 2.24) is 9.97 Å². The highest BCUT2D eigenvalue weighted by Gasteiger charge is 2.17. The zero-order valence-corrected chi connectivity index (χ0v) is 26.2. The number of aromatic nitrogens is 2. The smallest absolute Gasteiger partial charge is 0.412 e. The Labute approximate surface area is 278 Å². The van der Waals surface area contributed by atoms with E-state index in [0.29, 0.717) is 5.69 Å². The van der Waals surface area contributed by atoms with Gasteiger partial charge in [0.25, 0.3) is 0 Å². The lowest BCUT2D eigenvalue weighted by atomic mass is 10.0. The normalized spacial score (nSPS) is 11.2. The van der Waals surface area contributed by atoms with Crippen molar-refractivity contribution in [3.8, 4) is 22.6 Å². The average molecular weight is 637 g/mol. The van der Waals surface area contributed by atoms with Crippen LogP contribution in [0.1, 0.15) is 28.2 Å². The molecule has 0 radical (unpaired) electrons. The number of amides is 1. The zero-order valence-electron chi connectivity index (χ0n) is 26.2. The van der Waals surface area contributed by atoms with Crippen molar-refractivity contribution in [3.05, 3.63) is 122 Å². The first kappa shape index (κ1) is 31.8. The molecule has 0 unspecified atom stereocenters. The van der Waals surface area contributed by atoms with Gasteiger partial charge >= 0.3 is 6.09 Å². The third-order valence-corrected chi connectivity index (χ3v) is 7.57. The van der Waals surface area contributed by atoms with Gasteiger partial charge in [-0.25, -0.2) is 4.79 Å². The van der Waals surface area contributed by atoms with Crippen molar-refractivity contribution in [2.75, 3.05) is 11.1 Å². The van der Waals surface area contributed by atoms with Crippen LogP contribution in [-0.2, 0) is 4.74 Å². The molecule has 0 atom stereocenters. The van der Waals surface area contributed by atoms with Crippen LogP contribution in [0, 0.1) is 0 Å². The van der Waals surface area contributed by atoms with E-state index >= 15 is 0 Å². The lowest BCUT2D eigenvalue weighted by Crippen LogP contribution is -2.27. The number of furan rings is 2. The van der Waals surface area contributed by atoms with Crippen LogP contribution in [0.5, 0.6) is 0 Å². The Hall–Kier alpha value is -6.15. The molecule has 8 rings (SSSR count). The van der Waals surface area contributed by atoms with Gasteiger partial charge in [-0.2, -0.15) is 0 Å². The number of nitrogens with two attached hydrogens (primary N) is 1. The number of carbonyl (C=O) groups is 1. The molecule has 1 amide bonds. The summed E-state index contributed by atoms with van der Waals surface area (Å²) in [6.45, 7) is 5.49. The van der Waals surface area contributed by atoms with Crippen LogP contribution in [0.4, 0.5) is 16.2 Å². The summed E-state index contributed by atoms with van der Waals surface area (Å²) in [5, 5.41) is 8.92. The Morgan fingerprint density at radius 2 is 1.19 bits per heavy atom. The summed E-state index contributed by atoms with van der Waals surface area (Å²) < 4.78 is 17.2. The topological polar surface area (TPSA) is 116 Å². The second kappa shape index (κ2) is 12.9. The Morgan fingerprint density at radius 1 is 0.667 bits per heavy atom. The van der Waals surface area contributed by atoms with E-state index in [1.165, 1.54) is 0 Å². The van der Waals surface area contributed by atoms with E-state index in [0.717, 1.165) is 71.8 Å². The predicted molar refractivity (Wildman–Crippen MR) is 195 cm³/mol. The van der Waals surface area contributed by atoms with Crippen LogP contribution >= 0.6 is 0 Å². The molecule has 240 valence electrons. The highest BCUT2D eigenvalue weighted by atomic mass is 16.6. The summed E-state index contributed by atoms with van der Waals surface area (Å²) in [6, 6.07) is 31.3. The molecule has 0 fully saturated rings. The molecule has 48 heavy (non-hydrogen) atoms. The number of pyridine rings is 2. The van der Waals surface area contributed by atoms with E-state index in [9.17, 15) is 4.79 Å². The minimum absolute atomic E-state index is 0. The van der Waals surface area contributed by atoms with Crippen LogP contribution in [0.25, 0.3) is 66.1 Å². The standard InChI is InChI=1S/C22H20N2O3.C17H12N2O.CH4/c1-22(2,3)27-21(25)24-16-9-8-15-12-23-13-18(17(15)11-16)20-10-14-6-4-5-7-19(14)26-20;18-13-6-5-12-9-19-10-15(14(12)8-13)17-7-11-3-1-2-4-16(11)20-17;/h4-13H,1-3H3,(H,24,25);1-10H,18H2;1H4. The van der Waals surface area contributed by atoms with E-state index in [1.807, 2.05) is 130 Å². The monoisotopic (exact) mass is 636 g/mol. The Balaban J connectivity index is 0.000000170. The average Bonchev–Trinajstić information content (AvgIpc) is 3.68. The quantitative estimate of drug-likeness (QED) is 0.185. The van der Waals surface area contributed by atoms with Gasteiger partial charge in [-0.15, -0.1) is 0 Å². The van der Waals surface area contributed by atoms with Gasteiger partial charge in [-0.05, 0) is 80.1 Å². The molecule has 0 aliphatic heterocycles. The molecule has 0 spiro atoms. The molecule has 3 N–H and O–H groups in total. The zero-order chi connectivity index (χ0) is 32.5. The van der Waals surface area contributed by atoms with Crippen LogP contribution in [0.2, 0.25) is 0 Å². The summed E-state index contributed by atoms with van der Waals surface area (Å²) in [4.78, 5) is 20.7. The van der Waals surface area contributed by atoms with Gasteiger partial charge in [-0.1, -0.05) is 56.0 Å². The first-order chi connectivity index (χ1) is 22.7. The number of hydrogen-bond acceptors (Lipinski definition) is 7. The van der Waals surface area contributed by atoms with Gasteiger partial charge in [0.15, 0.2) is 0 Å².